The second-order valence-corrected chi connectivity index (χ2v) is 5.61. The quantitative estimate of drug-likeness (QED) is 0.806. The molecule has 0 aliphatic carbocycles. The van der Waals surface area contributed by atoms with E-state index in [1.807, 2.05) is 13.0 Å². The molecular formula is C15H18ClNO3. The fourth-order valence-corrected chi connectivity index (χ4v) is 2.62. The topological polar surface area (TPSA) is 46.6 Å². The molecular weight excluding hydrogens is 278 g/mol. The minimum absolute atomic E-state index is 0.0698. The van der Waals surface area contributed by atoms with E-state index < -0.39 is 5.97 Å². The maximum atomic E-state index is 12.0. The van der Waals surface area contributed by atoms with E-state index in [1.54, 1.807) is 24.0 Å². The Morgan fingerprint density at radius 1 is 1.45 bits per heavy atom. The molecule has 0 unspecified atom stereocenters. The summed E-state index contributed by atoms with van der Waals surface area (Å²) in [5.74, 6) is -0.122. The fraction of sp³-hybridized carbons (Fsp3) is 0.467. The third kappa shape index (κ3) is 3.51. The summed E-state index contributed by atoms with van der Waals surface area (Å²) in [5, 5.41) is 0.409. The van der Waals surface area contributed by atoms with Gasteiger partial charge in [0.15, 0.2) is 0 Å². The van der Waals surface area contributed by atoms with Gasteiger partial charge in [0.1, 0.15) is 0 Å². The van der Waals surface area contributed by atoms with Gasteiger partial charge in [0, 0.05) is 25.9 Å². The monoisotopic (exact) mass is 295 g/mol. The molecule has 0 spiro atoms. The van der Waals surface area contributed by atoms with Crippen LogP contribution in [0.4, 0.5) is 0 Å². The SMILES string of the molecule is CC(=O)N1CC[C@@H](COC(=O)c2ccc(C)cc2Cl)C1. The van der Waals surface area contributed by atoms with E-state index in [0.717, 1.165) is 18.5 Å². The fourth-order valence-electron chi connectivity index (χ4n) is 2.31. The standard InChI is InChI=1S/C15H18ClNO3/c1-10-3-4-13(14(16)7-10)15(19)20-9-12-5-6-17(8-12)11(2)18/h3-4,7,12H,5-6,8-9H2,1-2H3/t12-/m1/s1. The second kappa shape index (κ2) is 6.27. The van der Waals surface area contributed by atoms with Gasteiger partial charge in [-0.3, -0.25) is 4.79 Å². The molecule has 108 valence electrons. The molecule has 1 aromatic rings. The second-order valence-electron chi connectivity index (χ2n) is 5.20. The Hall–Kier alpha value is -1.55. The predicted molar refractivity (Wildman–Crippen MR) is 76.8 cm³/mol. The van der Waals surface area contributed by atoms with Crippen molar-refractivity contribution in [2.45, 2.75) is 20.3 Å². The molecule has 0 saturated carbocycles. The zero-order valence-electron chi connectivity index (χ0n) is 11.7. The number of aryl methyl sites for hydroxylation is 1. The van der Waals surface area contributed by atoms with Crippen molar-refractivity contribution in [1.29, 1.82) is 0 Å². The summed E-state index contributed by atoms with van der Waals surface area (Å²) < 4.78 is 5.30. The van der Waals surface area contributed by atoms with E-state index in [-0.39, 0.29) is 11.8 Å². The molecule has 1 aromatic carbocycles. The van der Waals surface area contributed by atoms with Gasteiger partial charge in [-0.25, -0.2) is 4.79 Å². The Labute approximate surface area is 123 Å². The molecule has 20 heavy (non-hydrogen) atoms. The van der Waals surface area contributed by atoms with E-state index in [0.29, 0.717) is 23.7 Å². The van der Waals surface area contributed by atoms with E-state index in [4.69, 9.17) is 16.3 Å². The van der Waals surface area contributed by atoms with Gasteiger partial charge < -0.3 is 9.64 Å². The van der Waals surface area contributed by atoms with Gasteiger partial charge in [0.05, 0.1) is 17.2 Å². The number of nitrogens with zero attached hydrogens (tertiary/aromatic N) is 1. The molecule has 5 heteroatoms. The lowest BCUT2D eigenvalue weighted by atomic mass is 10.1. The molecule has 1 aliphatic rings. The first-order chi connectivity index (χ1) is 9.47. The first-order valence-electron chi connectivity index (χ1n) is 6.66. The molecule has 1 saturated heterocycles. The number of likely N-dealkylation sites (tertiary alicyclic amines) is 1. The zero-order chi connectivity index (χ0) is 14.7. The maximum Gasteiger partial charge on any atom is 0.339 e. The van der Waals surface area contributed by atoms with Gasteiger partial charge in [0.25, 0.3) is 0 Å². The number of hydrogen-bond acceptors (Lipinski definition) is 3. The molecule has 1 amide bonds. The highest BCUT2D eigenvalue weighted by molar-refractivity contribution is 6.33. The van der Waals surface area contributed by atoms with Crippen LogP contribution in [0.25, 0.3) is 0 Å². The number of benzene rings is 1. The number of ether oxygens (including phenoxy) is 1. The number of esters is 1. The molecule has 1 aliphatic heterocycles. The first kappa shape index (κ1) is 14.9. The largest absolute Gasteiger partial charge is 0.462 e. The zero-order valence-corrected chi connectivity index (χ0v) is 12.4. The van der Waals surface area contributed by atoms with Gasteiger partial charge in [0.2, 0.25) is 5.91 Å². The average molecular weight is 296 g/mol. The molecule has 0 radical (unpaired) electrons. The van der Waals surface area contributed by atoms with E-state index in [2.05, 4.69) is 0 Å². The summed E-state index contributed by atoms with van der Waals surface area (Å²) in [4.78, 5) is 25.0. The summed E-state index contributed by atoms with van der Waals surface area (Å²) in [5.41, 5.74) is 1.39. The van der Waals surface area contributed by atoms with Gasteiger partial charge >= 0.3 is 5.97 Å². The minimum atomic E-state index is -0.406. The van der Waals surface area contributed by atoms with Crippen molar-refractivity contribution >= 4 is 23.5 Å². The Morgan fingerprint density at radius 2 is 2.20 bits per heavy atom. The van der Waals surface area contributed by atoms with Crippen molar-refractivity contribution in [3.8, 4) is 0 Å². The Balaban J connectivity index is 1.88. The van der Waals surface area contributed by atoms with E-state index in [9.17, 15) is 9.59 Å². The predicted octanol–water partition coefficient (Wildman–Crippen LogP) is 2.67. The Morgan fingerprint density at radius 3 is 2.80 bits per heavy atom. The molecule has 2 rings (SSSR count). The lowest BCUT2D eigenvalue weighted by molar-refractivity contribution is -0.127. The van der Waals surface area contributed by atoms with Crippen molar-refractivity contribution in [2.75, 3.05) is 19.7 Å². The van der Waals surface area contributed by atoms with Crippen molar-refractivity contribution in [3.63, 3.8) is 0 Å². The van der Waals surface area contributed by atoms with Crippen LogP contribution >= 0.6 is 11.6 Å². The molecule has 4 nitrogen and oxygen atoms in total. The van der Waals surface area contributed by atoms with Crippen molar-refractivity contribution < 1.29 is 14.3 Å². The third-order valence-electron chi connectivity index (χ3n) is 3.53. The summed E-state index contributed by atoms with van der Waals surface area (Å²) in [7, 11) is 0. The van der Waals surface area contributed by atoms with E-state index in [1.165, 1.54) is 0 Å². The Bertz CT molecular complexity index is 530. The molecule has 1 atom stereocenters. The summed E-state index contributed by atoms with van der Waals surface area (Å²) in [6.45, 7) is 5.19. The third-order valence-corrected chi connectivity index (χ3v) is 3.84. The van der Waals surface area contributed by atoms with Crippen LogP contribution in [0.15, 0.2) is 18.2 Å². The number of hydrogen-bond donors (Lipinski definition) is 0. The van der Waals surface area contributed by atoms with Crippen LogP contribution in [-0.2, 0) is 9.53 Å². The van der Waals surface area contributed by atoms with Crippen LogP contribution in [0, 0.1) is 12.8 Å². The number of carbonyl (C=O) groups is 2. The molecule has 1 heterocycles. The van der Waals surface area contributed by atoms with Crippen LogP contribution in [-0.4, -0.2) is 36.5 Å². The normalized spacial score (nSPS) is 18.1. The average Bonchev–Trinajstić information content (AvgIpc) is 2.85. The molecule has 1 fully saturated rings. The summed E-state index contributed by atoms with van der Waals surface area (Å²) in [6.07, 6.45) is 0.870. The highest BCUT2D eigenvalue weighted by Crippen LogP contribution is 2.20. The highest BCUT2D eigenvalue weighted by Gasteiger charge is 2.25. The van der Waals surface area contributed by atoms with Gasteiger partial charge in [-0.2, -0.15) is 0 Å². The maximum absolute atomic E-state index is 12.0. The number of carbonyl (C=O) groups excluding carboxylic acids is 2. The van der Waals surface area contributed by atoms with Gasteiger partial charge in [-0.15, -0.1) is 0 Å². The lowest BCUT2D eigenvalue weighted by Gasteiger charge is -2.14. The van der Waals surface area contributed by atoms with Crippen LogP contribution in [0.5, 0.6) is 0 Å². The first-order valence-corrected chi connectivity index (χ1v) is 7.04. The molecule has 0 bridgehead atoms. The lowest BCUT2D eigenvalue weighted by Crippen LogP contribution is -2.26. The van der Waals surface area contributed by atoms with Crippen LogP contribution in [0.3, 0.4) is 0 Å². The van der Waals surface area contributed by atoms with Crippen LogP contribution in [0.2, 0.25) is 5.02 Å². The molecule has 0 aromatic heterocycles. The molecule has 0 N–H and O–H groups in total. The summed E-state index contributed by atoms with van der Waals surface area (Å²) in [6, 6.07) is 5.25. The number of amides is 1. The number of halogens is 1. The Kier molecular flexibility index (Phi) is 4.65. The van der Waals surface area contributed by atoms with Crippen LogP contribution < -0.4 is 0 Å². The minimum Gasteiger partial charge on any atom is -0.462 e. The van der Waals surface area contributed by atoms with Crippen LogP contribution in [0.1, 0.15) is 29.3 Å². The van der Waals surface area contributed by atoms with Crippen molar-refractivity contribution in [1.82, 2.24) is 4.90 Å². The highest BCUT2D eigenvalue weighted by atomic mass is 35.5. The van der Waals surface area contributed by atoms with Crippen molar-refractivity contribution in [2.24, 2.45) is 5.92 Å². The van der Waals surface area contributed by atoms with Gasteiger partial charge in [-0.05, 0) is 31.0 Å². The van der Waals surface area contributed by atoms with E-state index >= 15 is 0 Å². The summed E-state index contributed by atoms with van der Waals surface area (Å²) >= 11 is 6.03. The van der Waals surface area contributed by atoms with Crippen molar-refractivity contribution in [3.05, 3.63) is 34.3 Å². The smallest absolute Gasteiger partial charge is 0.339 e. The number of rotatable bonds is 3. The van der Waals surface area contributed by atoms with Gasteiger partial charge in [-0.1, -0.05) is 17.7 Å².